The van der Waals surface area contributed by atoms with Crippen molar-refractivity contribution < 1.29 is 23.5 Å². The molecule has 4 aromatic rings. The highest BCUT2D eigenvalue weighted by Gasteiger charge is 2.40. The van der Waals surface area contributed by atoms with Gasteiger partial charge in [0.2, 0.25) is 11.8 Å². The third-order valence-corrected chi connectivity index (χ3v) is 8.04. The van der Waals surface area contributed by atoms with Crippen LogP contribution in [0.2, 0.25) is 5.02 Å². The number of amides is 2. The second-order valence-electron chi connectivity index (χ2n) is 10.9. The number of ketones is 1. The molecule has 2 N–H and O–H groups in total. The molecule has 1 aliphatic heterocycles. The molecule has 2 fully saturated rings. The van der Waals surface area contributed by atoms with Gasteiger partial charge in [-0.15, -0.1) is 0 Å². The first kappa shape index (κ1) is 29.0. The van der Waals surface area contributed by atoms with E-state index in [9.17, 15) is 18.8 Å². The average molecular weight is 604 g/mol. The third kappa shape index (κ3) is 6.61. The monoisotopic (exact) mass is 603 g/mol. The zero-order chi connectivity index (χ0) is 30.1. The Bertz CT molecular complexity index is 1690. The van der Waals surface area contributed by atoms with Gasteiger partial charge in [0.05, 0.1) is 17.3 Å². The van der Waals surface area contributed by atoms with Crippen LogP contribution in [-0.4, -0.2) is 50.9 Å². The van der Waals surface area contributed by atoms with Gasteiger partial charge in [-0.1, -0.05) is 35.9 Å². The van der Waals surface area contributed by atoms with Crippen LogP contribution in [0.4, 0.5) is 4.39 Å². The largest absolute Gasteiger partial charge is 0.350 e. The minimum absolute atomic E-state index is 0.0146. The van der Waals surface area contributed by atoms with E-state index < -0.39 is 5.82 Å². The molecule has 2 aromatic heterocycles. The van der Waals surface area contributed by atoms with Crippen LogP contribution in [0.15, 0.2) is 67.0 Å². The SMILES string of the molecule is CC(=O)c1cn(CC(=O)N(CC(=O)NCc2cccc(Cl)c2F)C2CC2)c2ccc(C3OC3NCc3ccccn3)cc12. The summed E-state index contributed by atoms with van der Waals surface area (Å²) in [5.74, 6) is -1.30. The molecule has 2 aliphatic rings. The van der Waals surface area contributed by atoms with Crippen molar-refractivity contribution in [2.24, 2.45) is 0 Å². The lowest BCUT2D eigenvalue weighted by atomic mass is 10.1. The second-order valence-corrected chi connectivity index (χ2v) is 11.3. The Morgan fingerprint density at radius 1 is 1.12 bits per heavy atom. The average Bonchev–Trinajstić information content (AvgIpc) is 3.94. The van der Waals surface area contributed by atoms with E-state index in [4.69, 9.17) is 16.3 Å². The fourth-order valence-electron chi connectivity index (χ4n) is 5.27. The molecule has 0 spiro atoms. The fourth-order valence-corrected chi connectivity index (χ4v) is 5.46. The summed E-state index contributed by atoms with van der Waals surface area (Å²) in [6.45, 7) is 1.88. The van der Waals surface area contributed by atoms with Gasteiger partial charge in [-0.2, -0.15) is 0 Å². The number of fused-ring (bicyclic) bond motifs is 1. The number of hydrogen-bond acceptors (Lipinski definition) is 6. The van der Waals surface area contributed by atoms with Gasteiger partial charge in [0.25, 0.3) is 0 Å². The summed E-state index contributed by atoms with van der Waals surface area (Å²) >= 11 is 5.84. The fraction of sp³-hybridized carbons (Fsp3) is 0.312. The highest BCUT2D eigenvalue weighted by molar-refractivity contribution is 6.30. The molecule has 6 rings (SSSR count). The van der Waals surface area contributed by atoms with Crippen molar-refractivity contribution in [1.29, 1.82) is 0 Å². The van der Waals surface area contributed by atoms with Gasteiger partial charge < -0.3 is 19.5 Å². The lowest BCUT2D eigenvalue weighted by molar-refractivity contribution is -0.137. The van der Waals surface area contributed by atoms with Crippen molar-refractivity contribution in [3.05, 3.63) is 100 Å². The van der Waals surface area contributed by atoms with Crippen LogP contribution in [0.3, 0.4) is 0 Å². The Labute approximate surface area is 253 Å². The van der Waals surface area contributed by atoms with Crippen molar-refractivity contribution in [2.75, 3.05) is 6.54 Å². The maximum atomic E-state index is 14.2. The van der Waals surface area contributed by atoms with E-state index in [-0.39, 0.29) is 66.2 Å². The second kappa shape index (κ2) is 12.2. The first-order chi connectivity index (χ1) is 20.8. The third-order valence-electron chi connectivity index (χ3n) is 7.75. The molecule has 2 atom stereocenters. The van der Waals surface area contributed by atoms with Gasteiger partial charge in [0.1, 0.15) is 24.7 Å². The summed E-state index contributed by atoms with van der Waals surface area (Å²) in [6, 6.07) is 16.1. The Balaban J connectivity index is 1.12. The van der Waals surface area contributed by atoms with Crippen LogP contribution in [0, 0.1) is 5.82 Å². The molecule has 2 aromatic carbocycles. The summed E-state index contributed by atoms with van der Waals surface area (Å²) in [5, 5.41) is 6.76. The summed E-state index contributed by atoms with van der Waals surface area (Å²) in [4.78, 5) is 44.7. The molecule has 2 unspecified atom stereocenters. The Hall–Kier alpha value is -4.12. The number of nitrogens with one attached hydrogen (secondary N) is 2. The molecule has 1 aliphatic carbocycles. The van der Waals surface area contributed by atoms with Crippen LogP contribution in [-0.2, 0) is 34.0 Å². The molecule has 11 heteroatoms. The number of hydrogen-bond donors (Lipinski definition) is 2. The molecular weight excluding hydrogens is 573 g/mol. The smallest absolute Gasteiger partial charge is 0.243 e. The molecule has 1 saturated heterocycles. The Kier molecular flexibility index (Phi) is 8.25. The van der Waals surface area contributed by atoms with E-state index in [1.807, 2.05) is 36.4 Å². The normalized spacial score (nSPS) is 17.6. The number of carbonyl (C=O) groups excluding carboxylic acids is 3. The number of Topliss-reactive ketones (excluding diaryl/α,β-unsaturated/α-hetero) is 1. The van der Waals surface area contributed by atoms with E-state index in [0.717, 1.165) is 35.0 Å². The molecule has 1 saturated carbocycles. The highest BCUT2D eigenvalue weighted by atomic mass is 35.5. The number of pyridine rings is 1. The summed E-state index contributed by atoms with van der Waals surface area (Å²) < 4.78 is 21.8. The van der Waals surface area contributed by atoms with Crippen molar-refractivity contribution in [3.8, 4) is 0 Å². The molecule has 0 radical (unpaired) electrons. The number of benzene rings is 2. The lowest BCUT2D eigenvalue weighted by Gasteiger charge is -2.22. The van der Waals surface area contributed by atoms with Crippen molar-refractivity contribution in [1.82, 2.24) is 25.1 Å². The first-order valence-corrected chi connectivity index (χ1v) is 14.6. The minimum Gasteiger partial charge on any atom is -0.350 e. The number of nitrogens with zero attached hydrogens (tertiary/aromatic N) is 3. The van der Waals surface area contributed by atoms with Gasteiger partial charge in [0.15, 0.2) is 5.78 Å². The molecule has 43 heavy (non-hydrogen) atoms. The minimum atomic E-state index is -0.576. The zero-order valence-corrected chi connectivity index (χ0v) is 24.3. The molecule has 222 valence electrons. The van der Waals surface area contributed by atoms with Crippen molar-refractivity contribution in [3.63, 3.8) is 0 Å². The van der Waals surface area contributed by atoms with Crippen LogP contribution in [0.25, 0.3) is 10.9 Å². The standard InChI is InChI=1S/C32H31ClFN5O4/c1-19(40)25-16-38(27-11-8-20(13-24(25)27)31-32(43-31)37-15-22-6-2-3-12-35-22)18-29(42)39(23-9-10-23)17-28(41)36-14-21-5-4-7-26(33)30(21)34/h2-8,11-13,16,23,31-32,37H,9-10,14-15,17-18H2,1H3,(H,36,41). The van der Waals surface area contributed by atoms with Crippen LogP contribution < -0.4 is 10.6 Å². The number of carbonyl (C=O) groups is 3. The summed E-state index contributed by atoms with van der Waals surface area (Å²) in [5.41, 5.74) is 3.39. The number of halogens is 2. The zero-order valence-electron chi connectivity index (χ0n) is 23.6. The van der Waals surface area contributed by atoms with Gasteiger partial charge in [0, 0.05) is 53.6 Å². The maximum absolute atomic E-state index is 14.2. The van der Waals surface area contributed by atoms with Gasteiger partial charge in [-0.25, -0.2) is 4.39 Å². The Morgan fingerprint density at radius 2 is 1.95 bits per heavy atom. The van der Waals surface area contributed by atoms with E-state index in [2.05, 4.69) is 15.6 Å². The van der Waals surface area contributed by atoms with Crippen LogP contribution in [0.5, 0.6) is 0 Å². The van der Waals surface area contributed by atoms with Gasteiger partial charge in [-0.05, 0) is 55.7 Å². The van der Waals surface area contributed by atoms with Gasteiger partial charge >= 0.3 is 0 Å². The molecule has 9 nitrogen and oxygen atoms in total. The topological polar surface area (TPSA) is 109 Å². The van der Waals surface area contributed by atoms with E-state index in [1.165, 1.54) is 13.0 Å². The Morgan fingerprint density at radius 3 is 2.70 bits per heavy atom. The molecule has 2 amide bonds. The highest BCUT2D eigenvalue weighted by Crippen LogP contribution is 2.39. The van der Waals surface area contributed by atoms with Crippen LogP contribution in [0.1, 0.15) is 53.0 Å². The van der Waals surface area contributed by atoms with Gasteiger partial charge in [-0.3, -0.25) is 24.7 Å². The number of ether oxygens (including phenoxy) is 1. The quantitative estimate of drug-likeness (QED) is 0.182. The van der Waals surface area contributed by atoms with Crippen molar-refractivity contribution in [2.45, 2.75) is 57.8 Å². The number of rotatable bonds is 12. The molecular formula is C32H31ClFN5O4. The summed E-state index contributed by atoms with van der Waals surface area (Å²) in [6.07, 6.45) is 4.77. The molecule has 3 heterocycles. The maximum Gasteiger partial charge on any atom is 0.243 e. The van der Waals surface area contributed by atoms with Crippen LogP contribution >= 0.6 is 11.6 Å². The lowest BCUT2D eigenvalue weighted by Crippen LogP contribution is -2.43. The van der Waals surface area contributed by atoms with E-state index in [0.29, 0.717) is 12.1 Å². The first-order valence-electron chi connectivity index (χ1n) is 14.2. The predicted octanol–water partition coefficient (Wildman–Crippen LogP) is 4.53. The predicted molar refractivity (Wildman–Crippen MR) is 159 cm³/mol. The van der Waals surface area contributed by atoms with E-state index >= 15 is 0 Å². The molecule has 0 bridgehead atoms. The number of aromatic nitrogens is 2. The van der Waals surface area contributed by atoms with Crippen molar-refractivity contribution >= 4 is 40.1 Å². The number of epoxide rings is 1. The van der Waals surface area contributed by atoms with E-state index in [1.54, 1.807) is 34.0 Å². The summed E-state index contributed by atoms with van der Waals surface area (Å²) in [7, 11) is 0.